The summed E-state index contributed by atoms with van der Waals surface area (Å²) in [6.07, 6.45) is 2.72. The monoisotopic (exact) mass is 707 g/mol. The fourth-order valence-electron chi connectivity index (χ4n) is 6.83. The van der Waals surface area contributed by atoms with E-state index in [1.807, 2.05) is 45.0 Å². The Kier molecular flexibility index (Phi) is 10.5. The minimum Gasteiger partial charge on any atom is -0.444 e. The van der Waals surface area contributed by atoms with Crippen LogP contribution in [0.25, 0.3) is 33.2 Å². The first-order valence-electron chi connectivity index (χ1n) is 18.1. The van der Waals surface area contributed by atoms with Crippen LogP contribution >= 0.6 is 0 Å². The van der Waals surface area contributed by atoms with Crippen LogP contribution in [0.1, 0.15) is 83.2 Å². The molecule has 274 valence electrons. The van der Waals surface area contributed by atoms with Crippen molar-refractivity contribution in [1.82, 2.24) is 30.6 Å². The number of aryl methyl sites for hydroxylation is 1. The molecule has 0 unspecified atom stereocenters. The number of imidazole rings is 2. The highest BCUT2D eigenvalue weighted by molar-refractivity contribution is 5.99. The summed E-state index contributed by atoms with van der Waals surface area (Å²) in [5.74, 6) is 0.740. The molecule has 0 aliphatic heterocycles. The predicted molar refractivity (Wildman–Crippen MR) is 203 cm³/mol. The lowest BCUT2D eigenvalue weighted by molar-refractivity contribution is -0.130. The molecule has 3 amide bonds. The first kappa shape index (κ1) is 36.4. The third kappa shape index (κ3) is 8.90. The number of aromatic nitrogens is 4. The number of H-pyrrole nitrogens is 3. The molecule has 2 heterocycles. The molecule has 5 aromatic rings. The van der Waals surface area contributed by atoms with Gasteiger partial charge in [-0.3, -0.25) is 9.59 Å². The Bertz CT molecular complexity index is 2130. The van der Waals surface area contributed by atoms with Crippen LogP contribution < -0.4 is 21.6 Å². The van der Waals surface area contributed by atoms with E-state index in [4.69, 9.17) is 9.72 Å². The van der Waals surface area contributed by atoms with Gasteiger partial charge in [-0.25, -0.2) is 14.6 Å². The van der Waals surface area contributed by atoms with Crippen molar-refractivity contribution in [2.45, 2.75) is 91.2 Å². The fraction of sp³-hybridized carbons (Fsp3) is 0.425. The molecule has 1 atom stereocenters. The molecule has 1 saturated carbocycles. The van der Waals surface area contributed by atoms with Crippen LogP contribution in [0, 0.1) is 18.8 Å². The van der Waals surface area contributed by atoms with Crippen molar-refractivity contribution in [3.05, 3.63) is 82.0 Å². The molecule has 0 radical (unpaired) electrons. The van der Waals surface area contributed by atoms with E-state index in [1.165, 1.54) is 0 Å². The first-order chi connectivity index (χ1) is 24.7. The van der Waals surface area contributed by atoms with Crippen molar-refractivity contribution >= 4 is 45.7 Å². The van der Waals surface area contributed by atoms with E-state index in [0.717, 1.165) is 52.0 Å². The summed E-state index contributed by atoms with van der Waals surface area (Å²) in [5.41, 5.74) is 6.88. The van der Waals surface area contributed by atoms with Crippen molar-refractivity contribution in [3.63, 3.8) is 0 Å². The lowest BCUT2D eigenvalue weighted by Crippen LogP contribution is -2.48. The Morgan fingerprint density at radius 2 is 1.62 bits per heavy atom. The van der Waals surface area contributed by atoms with E-state index in [2.05, 4.69) is 63.8 Å². The molecule has 12 nitrogen and oxygen atoms in total. The standard InChI is InChI=1S/C40H49N7O5/c1-22(2)35-43-31-17-23(3)29(20-33(31)44-35)26-11-7-24(8-12-26)18-34(37(49)42-28-15-16-30-32(19-28)47-38(50)46-30)45-36(48)27-13-9-25(10-14-27)21-41-39(51)52-40(4,5)6/h7-8,11-12,15-17,19-20,22,25,27,34H,9-10,13-14,18,21H2,1-6H3,(H,41,51)(H,42,49)(H,43,44)(H,45,48)(H2,46,47,50)/t25?,27?,34-/m1/s1. The van der Waals surface area contributed by atoms with Gasteiger partial charge in [0.1, 0.15) is 17.5 Å². The van der Waals surface area contributed by atoms with Crippen molar-refractivity contribution in [3.8, 4) is 11.1 Å². The Balaban J connectivity index is 1.15. The second-order valence-corrected chi connectivity index (χ2v) is 15.4. The molecular formula is C40H49N7O5. The first-order valence-corrected chi connectivity index (χ1v) is 18.1. The average Bonchev–Trinajstić information content (AvgIpc) is 3.68. The van der Waals surface area contributed by atoms with Gasteiger partial charge in [-0.15, -0.1) is 0 Å². The number of hydrogen-bond donors (Lipinski definition) is 6. The van der Waals surface area contributed by atoms with Crippen LogP contribution in [0.3, 0.4) is 0 Å². The molecule has 0 bridgehead atoms. The summed E-state index contributed by atoms with van der Waals surface area (Å²) >= 11 is 0. The highest BCUT2D eigenvalue weighted by Crippen LogP contribution is 2.31. The van der Waals surface area contributed by atoms with E-state index in [0.29, 0.717) is 42.0 Å². The lowest BCUT2D eigenvalue weighted by atomic mass is 9.81. The molecule has 6 N–H and O–H groups in total. The molecule has 3 aromatic carbocycles. The lowest BCUT2D eigenvalue weighted by Gasteiger charge is -2.29. The van der Waals surface area contributed by atoms with Crippen LogP contribution in [0.2, 0.25) is 0 Å². The number of hydrogen-bond acceptors (Lipinski definition) is 6. The number of nitrogens with one attached hydrogen (secondary N) is 6. The highest BCUT2D eigenvalue weighted by atomic mass is 16.6. The number of benzene rings is 3. The molecule has 12 heteroatoms. The number of anilines is 1. The number of rotatable bonds is 10. The maximum Gasteiger partial charge on any atom is 0.407 e. The number of alkyl carbamates (subject to hydrolysis) is 1. The Morgan fingerprint density at radius 1 is 0.904 bits per heavy atom. The van der Waals surface area contributed by atoms with Crippen molar-refractivity contribution in [2.24, 2.45) is 11.8 Å². The summed E-state index contributed by atoms with van der Waals surface area (Å²) in [7, 11) is 0. The molecule has 0 spiro atoms. The molecule has 52 heavy (non-hydrogen) atoms. The fourth-order valence-corrected chi connectivity index (χ4v) is 6.83. The van der Waals surface area contributed by atoms with Crippen LogP contribution in [-0.2, 0) is 20.7 Å². The van der Waals surface area contributed by atoms with E-state index < -0.39 is 17.7 Å². The average molecular weight is 708 g/mol. The largest absolute Gasteiger partial charge is 0.444 e. The minimum absolute atomic E-state index is 0.163. The number of nitrogens with zero attached hydrogens (tertiary/aromatic N) is 1. The van der Waals surface area contributed by atoms with E-state index in [1.54, 1.807) is 18.2 Å². The van der Waals surface area contributed by atoms with Crippen molar-refractivity contribution in [2.75, 3.05) is 11.9 Å². The maximum absolute atomic E-state index is 13.8. The maximum atomic E-state index is 13.8. The van der Waals surface area contributed by atoms with Gasteiger partial charge < -0.3 is 35.6 Å². The van der Waals surface area contributed by atoms with Crippen molar-refractivity contribution in [1.29, 1.82) is 0 Å². The molecule has 0 saturated heterocycles. The Morgan fingerprint density at radius 3 is 2.31 bits per heavy atom. The highest BCUT2D eigenvalue weighted by Gasteiger charge is 2.30. The minimum atomic E-state index is -0.845. The summed E-state index contributed by atoms with van der Waals surface area (Å²) in [4.78, 5) is 65.0. The normalized spacial score (nSPS) is 16.9. The van der Waals surface area contributed by atoms with E-state index >= 15 is 0 Å². The van der Waals surface area contributed by atoms with Gasteiger partial charge in [0.25, 0.3) is 0 Å². The Labute approximate surface area is 302 Å². The molecule has 2 aromatic heterocycles. The van der Waals surface area contributed by atoms with E-state index in [-0.39, 0.29) is 35.8 Å². The Hall–Kier alpha value is -5.39. The van der Waals surface area contributed by atoms with Crippen LogP contribution in [0.15, 0.2) is 59.4 Å². The zero-order valence-electron chi connectivity index (χ0n) is 30.7. The van der Waals surface area contributed by atoms with Gasteiger partial charge in [-0.05, 0) is 112 Å². The smallest absolute Gasteiger partial charge is 0.407 e. The summed E-state index contributed by atoms with van der Waals surface area (Å²) in [6, 6.07) is 16.6. The summed E-state index contributed by atoms with van der Waals surface area (Å²) in [5, 5.41) is 8.85. The number of carbonyl (C=O) groups excluding carboxylic acids is 3. The molecule has 1 aliphatic carbocycles. The third-order valence-corrected chi connectivity index (χ3v) is 9.67. The quantitative estimate of drug-likeness (QED) is 0.0928. The second-order valence-electron chi connectivity index (χ2n) is 15.4. The number of fused-ring (bicyclic) bond motifs is 2. The van der Waals surface area contributed by atoms with Gasteiger partial charge in [-0.1, -0.05) is 38.1 Å². The van der Waals surface area contributed by atoms with Gasteiger partial charge in [-0.2, -0.15) is 0 Å². The summed E-state index contributed by atoms with van der Waals surface area (Å²) in [6.45, 7) is 12.3. The molecule has 1 fully saturated rings. The summed E-state index contributed by atoms with van der Waals surface area (Å²) < 4.78 is 5.35. The number of amides is 3. The molecule has 1 aliphatic rings. The van der Waals surface area contributed by atoms with Gasteiger partial charge in [0.2, 0.25) is 11.8 Å². The zero-order valence-corrected chi connectivity index (χ0v) is 30.7. The predicted octanol–water partition coefficient (Wildman–Crippen LogP) is 6.83. The number of carbonyl (C=O) groups is 3. The van der Waals surface area contributed by atoms with E-state index in [9.17, 15) is 19.2 Å². The zero-order chi connectivity index (χ0) is 37.2. The van der Waals surface area contributed by atoms with Gasteiger partial charge >= 0.3 is 11.8 Å². The van der Waals surface area contributed by atoms with Crippen LogP contribution in [0.5, 0.6) is 0 Å². The molecule has 6 rings (SSSR count). The van der Waals surface area contributed by atoms with Crippen molar-refractivity contribution < 1.29 is 19.1 Å². The number of ether oxygens (including phenoxy) is 1. The van der Waals surface area contributed by atoms with Crippen LogP contribution in [-0.4, -0.2) is 56.0 Å². The third-order valence-electron chi connectivity index (χ3n) is 9.67. The SMILES string of the molecule is Cc1cc2[nH]c(C(C)C)nc2cc1-c1ccc(C[C@@H](NC(=O)C2CCC(CNC(=O)OC(C)(C)C)CC2)C(=O)Nc2ccc3[nH]c(=O)[nH]c3c2)cc1. The topological polar surface area (TPSA) is 174 Å². The van der Waals surface area contributed by atoms with Gasteiger partial charge in [0.15, 0.2) is 0 Å². The van der Waals surface area contributed by atoms with Crippen LogP contribution in [0.4, 0.5) is 10.5 Å². The number of aromatic amines is 3. The second kappa shape index (κ2) is 15.1. The molecular weight excluding hydrogens is 658 g/mol. The van der Waals surface area contributed by atoms with Gasteiger partial charge in [0, 0.05) is 30.5 Å². The van der Waals surface area contributed by atoms with Gasteiger partial charge in [0.05, 0.1) is 22.1 Å².